The molecule has 2 aliphatic rings. The van der Waals surface area contributed by atoms with E-state index in [1.165, 1.54) is 11.9 Å². The molecule has 1 aromatic carbocycles. The molecule has 1 heterocycles. The van der Waals surface area contributed by atoms with E-state index in [1.807, 2.05) is 24.3 Å². The lowest BCUT2D eigenvalue weighted by molar-refractivity contribution is -0.126. The second-order valence-electron chi connectivity index (χ2n) is 7.73. The van der Waals surface area contributed by atoms with Crippen LogP contribution in [0.5, 0.6) is 0 Å². The van der Waals surface area contributed by atoms with Crippen molar-refractivity contribution in [1.29, 1.82) is 0 Å². The highest BCUT2D eigenvalue weighted by molar-refractivity contribution is 7.98. The summed E-state index contributed by atoms with van der Waals surface area (Å²) in [5, 5.41) is 6.76. The highest BCUT2D eigenvalue weighted by Gasteiger charge is 2.29. The second-order valence-corrected chi connectivity index (χ2v) is 10.8. The van der Waals surface area contributed by atoms with Crippen LogP contribution in [0.1, 0.15) is 56.7 Å². The summed E-state index contributed by atoms with van der Waals surface area (Å²) in [7, 11) is -3.26. The molecule has 3 rings (SSSR count). The third-order valence-electron chi connectivity index (χ3n) is 5.36. The Morgan fingerprint density at radius 1 is 1.18 bits per heavy atom. The molecule has 0 radical (unpaired) electrons. The molecule has 28 heavy (non-hydrogen) atoms. The van der Waals surface area contributed by atoms with Gasteiger partial charge in [0.05, 0.1) is 5.25 Å². The SMILES string of the molecule is CC(C)S(=O)(=O)NC1CCC(C(=O)NCc2ccc(C3CSN=N3)cc2)CC1. The highest BCUT2D eigenvalue weighted by Crippen LogP contribution is 2.30. The first-order chi connectivity index (χ1) is 13.3. The van der Waals surface area contributed by atoms with Gasteiger partial charge >= 0.3 is 0 Å². The van der Waals surface area contributed by atoms with E-state index >= 15 is 0 Å². The number of nitrogens with one attached hydrogen (secondary N) is 2. The summed E-state index contributed by atoms with van der Waals surface area (Å²) >= 11 is 1.48. The van der Waals surface area contributed by atoms with Gasteiger partial charge in [0, 0.05) is 24.3 Å². The quantitative estimate of drug-likeness (QED) is 0.656. The van der Waals surface area contributed by atoms with Gasteiger partial charge in [-0.1, -0.05) is 24.3 Å². The first-order valence-electron chi connectivity index (χ1n) is 9.75. The summed E-state index contributed by atoms with van der Waals surface area (Å²) in [5.41, 5.74) is 2.20. The lowest BCUT2D eigenvalue weighted by Crippen LogP contribution is -2.43. The summed E-state index contributed by atoms with van der Waals surface area (Å²) in [6.07, 6.45) is 2.82. The van der Waals surface area contributed by atoms with Gasteiger partial charge in [0.2, 0.25) is 15.9 Å². The Bertz CT molecular complexity index is 801. The van der Waals surface area contributed by atoms with Crippen molar-refractivity contribution in [2.24, 2.45) is 15.6 Å². The summed E-state index contributed by atoms with van der Waals surface area (Å²) in [6.45, 7) is 3.84. The minimum Gasteiger partial charge on any atom is -0.352 e. The minimum absolute atomic E-state index is 0.0463. The lowest BCUT2D eigenvalue weighted by Gasteiger charge is -2.28. The Labute approximate surface area is 171 Å². The van der Waals surface area contributed by atoms with Crippen LogP contribution in [0.25, 0.3) is 0 Å². The topological polar surface area (TPSA) is 100.0 Å². The zero-order chi connectivity index (χ0) is 20.1. The van der Waals surface area contributed by atoms with Crippen LogP contribution >= 0.6 is 11.9 Å². The summed E-state index contributed by atoms with van der Waals surface area (Å²) in [4.78, 5) is 12.5. The van der Waals surface area contributed by atoms with Crippen molar-refractivity contribution < 1.29 is 13.2 Å². The van der Waals surface area contributed by atoms with Crippen LogP contribution in [0.4, 0.5) is 0 Å². The molecule has 2 N–H and O–H groups in total. The van der Waals surface area contributed by atoms with Gasteiger partial charge in [-0.25, -0.2) is 13.1 Å². The molecule has 1 unspecified atom stereocenters. The number of hydrogen-bond acceptors (Lipinski definition) is 6. The number of amides is 1. The van der Waals surface area contributed by atoms with Gasteiger partial charge in [-0.05, 0) is 62.6 Å². The van der Waals surface area contributed by atoms with Crippen LogP contribution in [0, 0.1) is 5.92 Å². The van der Waals surface area contributed by atoms with E-state index in [9.17, 15) is 13.2 Å². The Hall–Kier alpha value is -1.45. The van der Waals surface area contributed by atoms with Crippen LogP contribution < -0.4 is 10.0 Å². The van der Waals surface area contributed by atoms with E-state index in [0.717, 1.165) is 16.9 Å². The van der Waals surface area contributed by atoms with Crippen molar-refractivity contribution in [3.63, 3.8) is 0 Å². The number of benzene rings is 1. The molecule has 1 aromatic rings. The van der Waals surface area contributed by atoms with Crippen molar-refractivity contribution in [2.45, 2.75) is 63.4 Å². The van der Waals surface area contributed by atoms with Crippen molar-refractivity contribution in [2.75, 3.05) is 5.75 Å². The standard InChI is InChI=1S/C19H28N4O3S2/c1-13(2)28(25,26)22-17-9-7-16(8-10-17)19(24)20-11-14-3-5-15(6-4-14)18-12-27-23-21-18/h3-6,13,16-18,22H,7-12H2,1-2H3,(H,20,24). The van der Waals surface area contributed by atoms with Gasteiger partial charge in [-0.3, -0.25) is 4.79 Å². The monoisotopic (exact) mass is 424 g/mol. The third-order valence-corrected chi connectivity index (χ3v) is 7.94. The number of rotatable bonds is 7. The molecule has 1 atom stereocenters. The third kappa shape index (κ3) is 5.55. The Morgan fingerprint density at radius 2 is 1.86 bits per heavy atom. The Kier molecular flexibility index (Phi) is 7.11. The molecule has 1 aliphatic heterocycles. The van der Waals surface area contributed by atoms with Crippen LogP contribution in [-0.2, 0) is 21.4 Å². The minimum atomic E-state index is -3.26. The van der Waals surface area contributed by atoms with Gasteiger partial charge < -0.3 is 5.32 Å². The molecule has 0 saturated heterocycles. The maximum atomic E-state index is 12.5. The van der Waals surface area contributed by atoms with Crippen molar-refractivity contribution >= 4 is 27.9 Å². The van der Waals surface area contributed by atoms with Crippen LogP contribution in [0.15, 0.2) is 33.9 Å². The molecule has 1 aliphatic carbocycles. The maximum Gasteiger partial charge on any atom is 0.223 e. The number of hydrogen-bond donors (Lipinski definition) is 2. The lowest BCUT2D eigenvalue weighted by atomic mass is 9.86. The summed E-state index contributed by atoms with van der Waals surface area (Å²) < 4.78 is 30.7. The zero-order valence-corrected chi connectivity index (χ0v) is 17.9. The molecule has 1 saturated carbocycles. The van der Waals surface area contributed by atoms with Crippen molar-refractivity contribution in [3.05, 3.63) is 35.4 Å². The van der Waals surface area contributed by atoms with Crippen LogP contribution in [0.3, 0.4) is 0 Å². The average molecular weight is 425 g/mol. The predicted octanol–water partition coefficient (Wildman–Crippen LogP) is 3.34. The average Bonchev–Trinajstić information content (AvgIpc) is 3.21. The van der Waals surface area contributed by atoms with E-state index in [2.05, 4.69) is 19.7 Å². The van der Waals surface area contributed by atoms with Crippen molar-refractivity contribution in [1.82, 2.24) is 10.0 Å². The number of carbonyl (C=O) groups is 1. The molecule has 0 aromatic heterocycles. The van der Waals surface area contributed by atoms with Crippen molar-refractivity contribution in [3.8, 4) is 0 Å². The Morgan fingerprint density at radius 3 is 2.43 bits per heavy atom. The number of nitrogens with zero attached hydrogens (tertiary/aromatic N) is 2. The second kappa shape index (κ2) is 9.37. The molecule has 9 heteroatoms. The maximum absolute atomic E-state index is 12.5. The number of carbonyl (C=O) groups excluding carboxylic acids is 1. The molecular formula is C19H28N4O3S2. The fraction of sp³-hybridized carbons (Fsp3) is 0.632. The zero-order valence-electron chi connectivity index (χ0n) is 16.3. The molecular weight excluding hydrogens is 396 g/mol. The fourth-order valence-electron chi connectivity index (χ4n) is 3.42. The smallest absolute Gasteiger partial charge is 0.223 e. The first-order valence-corrected chi connectivity index (χ1v) is 12.2. The summed E-state index contributed by atoms with van der Waals surface area (Å²) in [6, 6.07) is 8.20. The van der Waals surface area contributed by atoms with Crippen LogP contribution in [0.2, 0.25) is 0 Å². The molecule has 154 valence electrons. The fourth-order valence-corrected chi connectivity index (χ4v) is 5.04. The van der Waals surface area contributed by atoms with Gasteiger partial charge in [0.1, 0.15) is 6.04 Å². The summed E-state index contributed by atoms with van der Waals surface area (Å²) in [5.74, 6) is 0.886. The molecule has 1 fully saturated rings. The normalized spacial score (nSPS) is 25.2. The number of sulfonamides is 1. The van der Waals surface area contributed by atoms with E-state index in [4.69, 9.17) is 0 Å². The van der Waals surface area contributed by atoms with E-state index in [0.29, 0.717) is 32.2 Å². The van der Waals surface area contributed by atoms with Gasteiger partial charge in [-0.15, -0.1) is 4.52 Å². The molecule has 0 bridgehead atoms. The van der Waals surface area contributed by atoms with Gasteiger partial charge in [-0.2, -0.15) is 5.11 Å². The van der Waals surface area contributed by atoms with Crippen LogP contribution in [-0.4, -0.2) is 31.4 Å². The highest BCUT2D eigenvalue weighted by atomic mass is 32.2. The molecule has 7 nitrogen and oxygen atoms in total. The predicted molar refractivity (Wildman–Crippen MR) is 111 cm³/mol. The van der Waals surface area contributed by atoms with Gasteiger partial charge in [0.25, 0.3) is 0 Å². The molecule has 1 amide bonds. The Balaban J connectivity index is 1.43. The van der Waals surface area contributed by atoms with E-state index < -0.39 is 15.3 Å². The molecule has 0 spiro atoms. The van der Waals surface area contributed by atoms with E-state index in [-0.39, 0.29) is 23.9 Å². The first kappa shape index (κ1) is 21.3. The largest absolute Gasteiger partial charge is 0.352 e. The van der Waals surface area contributed by atoms with E-state index in [1.54, 1.807) is 13.8 Å². The van der Waals surface area contributed by atoms with Gasteiger partial charge in [0.15, 0.2) is 0 Å².